The summed E-state index contributed by atoms with van der Waals surface area (Å²) in [5.41, 5.74) is 0.565. The highest BCUT2D eigenvalue weighted by molar-refractivity contribution is 5.16. The van der Waals surface area contributed by atoms with Gasteiger partial charge >= 0.3 is 0 Å². The molecule has 1 nitrogen and oxygen atoms in total. The van der Waals surface area contributed by atoms with E-state index < -0.39 is 0 Å². The van der Waals surface area contributed by atoms with E-state index in [0.717, 1.165) is 11.8 Å². The summed E-state index contributed by atoms with van der Waals surface area (Å²) in [6.45, 7) is 9.83. The molecule has 2 aliphatic rings. The van der Waals surface area contributed by atoms with E-state index in [1.165, 1.54) is 25.8 Å². The normalized spacial score (nSPS) is 39.6. The molecule has 2 rings (SSSR count). The summed E-state index contributed by atoms with van der Waals surface area (Å²) in [5, 5.41) is 0. The third-order valence-corrected chi connectivity index (χ3v) is 3.71. The van der Waals surface area contributed by atoms with Gasteiger partial charge in [0.15, 0.2) is 0 Å². The van der Waals surface area contributed by atoms with Crippen LogP contribution >= 0.6 is 0 Å². The maximum absolute atomic E-state index is 3.90. The minimum absolute atomic E-state index is 0.565. The summed E-state index contributed by atoms with van der Waals surface area (Å²) in [4.78, 5) is 2.48. The third kappa shape index (κ3) is 0.917. The summed E-state index contributed by atoms with van der Waals surface area (Å²) in [6, 6.07) is 0. The van der Waals surface area contributed by atoms with Crippen LogP contribution in [-0.4, -0.2) is 17.0 Å². The van der Waals surface area contributed by atoms with Gasteiger partial charge < -0.3 is 4.90 Å². The van der Waals surface area contributed by atoms with Crippen LogP contribution < -0.4 is 0 Å². The molecule has 0 aromatic carbocycles. The smallest absolute Gasteiger partial charge is 0.0432 e. The Bertz CT molecular complexity index is 197. The standard InChI is InChI=1S/C11H19N/c1-4-12-7-5-6-11(12)8-10(11)9(2)3/h4,9-10H,1,5-8H2,2-3H3. The second-order valence-electron chi connectivity index (χ2n) is 4.64. The quantitative estimate of drug-likeness (QED) is 0.608. The first kappa shape index (κ1) is 8.15. The summed E-state index contributed by atoms with van der Waals surface area (Å²) < 4.78 is 0. The molecule has 2 unspecified atom stereocenters. The predicted molar refractivity (Wildman–Crippen MR) is 51.8 cm³/mol. The monoisotopic (exact) mass is 165 g/mol. The highest BCUT2D eigenvalue weighted by atomic mass is 15.2. The van der Waals surface area contributed by atoms with Gasteiger partial charge in [-0.05, 0) is 37.3 Å². The number of hydrogen-bond acceptors (Lipinski definition) is 1. The first-order valence-corrected chi connectivity index (χ1v) is 5.10. The lowest BCUT2D eigenvalue weighted by atomic mass is 10.0. The number of rotatable bonds is 2. The lowest BCUT2D eigenvalue weighted by Gasteiger charge is -2.24. The van der Waals surface area contributed by atoms with Crippen LogP contribution in [0.3, 0.4) is 0 Å². The molecule has 0 N–H and O–H groups in total. The molecule has 0 radical (unpaired) electrons. The summed E-state index contributed by atoms with van der Waals surface area (Å²) >= 11 is 0. The molecule has 1 aliphatic heterocycles. The molecule has 1 spiro atoms. The van der Waals surface area contributed by atoms with Crippen molar-refractivity contribution in [3.63, 3.8) is 0 Å². The maximum atomic E-state index is 3.90. The first-order chi connectivity index (χ1) is 5.70. The van der Waals surface area contributed by atoms with Crippen LogP contribution in [0.5, 0.6) is 0 Å². The minimum Gasteiger partial charge on any atom is -0.372 e. The highest BCUT2D eigenvalue weighted by Crippen LogP contribution is 2.58. The Hall–Kier alpha value is -0.460. The molecule has 0 aromatic rings. The van der Waals surface area contributed by atoms with Crippen molar-refractivity contribution in [3.8, 4) is 0 Å². The van der Waals surface area contributed by atoms with Crippen LogP contribution in [0, 0.1) is 11.8 Å². The Labute approximate surface area is 75.4 Å². The Morgan fingerprint density at radius 1 is 1.58 bits per heavy atom. The lowest BCUT2D eigenvalue weighted by molar-refractivity contribution is 0.284. The molecular formula is C11H19N. The van der Waals surface area contributed by atoms with Gasteiger partial charge in [-0.25, -0.2) is 0 Å². The topological polar surface area (TPSA) is 3.24 Å². The molecule has 1 heteroatoms. The van der Waals surface area contributed by atoms with E-state index in [0.29, 0.717) is 5.54 Å². The molecular weight excluding hydrogens is 146 g/mol. The molecule has 1 heterocycles. The fourth-order valence-electron chi connectivity index (χ4n) is 2.99. The Kier molecular flexibility index (Phi) is 1.71. The fourth-order valence-corrected chi connectivity index (χ4v) is 2.99. The average Bonchev–Trinajstić information content (AvgIpc) is 2.57. The van der Waals surface area contributed by atoms with Crippen molar-refractivity contribution in [3.05, 3.63) is 12.8 Å². The minimum atomic E-state index is 0.565. The van der Waals surface area contributed by atoms with Crippen LogP contribution in [0.15, 0.2) is 12.8 Å². The molecule has 1 saturated carbocycles. The van der Waals surface area contributed by atoms with Crippen molar-refractivity contribution in [2.45, 2.75) is 38.6 Å². The summed E-state index contributed by atoms with van der Waals surface area (Å²) in [5.74, 6) is 1.79. The third-order valence-electron chi connectivity index (χ3n) is 3.71. The van der Waals surface area contributed by atoms with Crippen LogP contribution in [-0.2, 0) is 0 Å². The summed E-state index contributed by atoms with van der Waals surface area (Å²) in [6.07, 6.45) is 6.24. The molecule has 1 aliphatic carbocycles. The van der Waals surface area contributed by atoms with Crippen LogP contribution in [0.25, 0.3) is 0 Å². The molecule has 2 fully saturated rings. The van der Waals surface area contributed by atoms with Gasteiger partial charge in [0.2, 0.25) is 0 Å². The SMILES string of the molecule is C=CN1CCCC12CC2C(C)C. The van der Waals surface area contributed by atoms with Crippen LogP contribution in [0.4, 0.5) is 0 Å². The molecule has 68 valence electrons. The zero-order chi connectivity index (χ0) is 8.77. The van der Waals surface area contributed by atoms with Gasteiger partial charge in [-0.15, -0.1) is 0 Å². The van der Waals surface area contributed by atoms with E-state index in [1.807, 2.05) is 0 Å². The van der Waals surface area contributed by atoms with Crippen molar-refractivity contribution in [1.29, 1.82) is 0 Å². The molecule has 2 atom stereocenters. The average molecular weight is 165 g/mol. The molecule has 1 saturated heterocycles. The van der Waals surface area contributed by atoms with Gasteiger partial charge in [-0.2, -0.15) is 0 Å². The fraction of sp³-hybridized carbons (Fsp3) is 0.818. The van der Waals surface area contributed by atoms with E-state index in [1.54, 1.807) is 0 Å². The van der Waals surface area contributed by atoms with Gasteiger partial charge in [-0.1, -0.05) is 20.4 Å². The molecule has 12 heavy (non-hydrogen) atoms. The van der Waals surface area contributed by atoms with E-state index in [2.05, 4.69) is 31.5 Å². The van der Waals surface area contributed by atoms with E-state index in [-0.39, 0.29) is 0 Å². The van der Waals surface area contributed by atoms with Crippen molar-refractivity contribution in [1.82, 2.24) is 4.90 Å². The van der Waals surface area contributed by atoms with Gasteiger partial charge in [0.25, 0.3) is 0 Å². The van der Waals surface area contributed by atoms with Crippen LogP contribution in [0.2, 0.25) is 0 Å². The van der Waals surface area contributed by atoms with E-state index in [4.69, 9.17) is 0 Å². The molecule has 0 bridgehead atoms. The maximum Gasteiger partial charge on any atom is 0.0432 e. The van der Waals surface area contributed by atoms with E-state index >= 15 is 0 Å². The Morgan fingerprint density at radius 2 is 2.33 bits per heavy atom. The van der Waals surface area contributed by atoms with Crippen molar-refractivity contribution >= 4 is 0 Å². The van der Waals surface area contributed by atoms with Gasteiger partial charge in [0, 0.05) is 12.1 Å². The second-order valence-corrected chi connectivity index (χ2v) is 4.64. The van der Waals surface area contributed by atoms with Gasteiger partial charge in [-0.3, -0.25) is 0 Å². The van der Waals surface area contributed by atoms with Crippen molar-refractivity contribution < 1.29 is 0 Å². The molecule has 0 aromatic heterocycles. The zero-order valence-electron chi connectivity index (χ0n) is 8.21. The first-order valence-electron chi connectivity index (χ1n) is 5.10. The Balaban J connectivity index is 2.09. The number of hydrogen-bond donors (Lipinski definition) is 0. The second kappa shape index (κ2) is 2.51. The van der Waals surface area contributed by atoms with Gasteiger partial charge in [0.05, 0.1) is 0 Å². The zero-order valence-corrected chi connectivity index (χ0v) is 8.21. The highest BCUT2D eigenvalue weighted by Gasteiger charge is 2.59. The summed E-state index contributed by atoms with van der Waals surface area (Å²) in [7, 11) is 0. The van der Waals surface area contributed by atoms with Crippen molar-refractivity contribution in [2.75, 3.05) is 6.54 Å². The predicted octanol–water partition coefficient (Wildman–Crippen LogP) is 2.64. The largest absolute Gasteiger partial charge is 0.372 e. The Morgan fingerprint density at radius 3 is 2.83 bits per heavy atom. The number of likely N-dealkylation sites (tertiary alicyclic amines) is 1. The van der Waals surface area contributed by atoms with E-state index in [9.17, 15) is 0 Å². The molecule has 0 amide bonds. The van der Waals surface area contributed by atoms with Crippen molar-refractivity contribution in [2.24, 2.45) is 11.8 Å². The lowest BCUT2D eigenvalue weighted by Crippen LogP contribution is -2.28. The van der Waals surface area contributed by atoms with Gasteiger partial charge in [0.1, 0.15) is 0 Å². The van der Waals surface area contributed by atoms with Crippen LogP contribution in [0.1, 0.15) is 33.1 Å². The number of nitrogens with zero attached hydrogens (tertiary/aromatic N) is 1.